The van der Waals surface area contributed by atoms with E-state index in [1.807, 2.05) is 0 Å². The molecule has 172 valence electrons. The predicted molar refractivity (Wildman–Crippen MR) is 137 cm³/mol. The van der Waals surface area contributed by atoms with Gasteiger partial charge in [-0.3, -0.25) is 30.0 Å². The van der Waals surface area contributed by atoms with Crippen LogP contribution in [0.1, 0.15) is 0 Å². The third-order valence-corrected chi connectivity index (χ3v) is 2.64. The minimum Gasteiger partial charge on any atom is -1.00 e. The smallest absolute Gasteiger partial charge is 1.00 e. The number of aliphatic imine (C=N–C) groups is 12. The summed E-state index contributed by atoms with van der Waals surface area (Å²) in [6.07, 6.45) is 19.9. The van der Waals surface area contributed by atoms with Crippen LogP contribution in [-0.4, -0.2) is 138 Å². The zero-order valence-corrected chi connectivity index (χ0v) is 22.6. The molecule has 12 nitrogen and oxygen atoms in total. The molecule has 6 rings (SSSR count). The Labute approximate surface area is 230 Å². The Hall–Kier alpha value is -2.23. The van der Waals surface area contributed by atoms with Crippen LogP contribution in [0.5, 0.6) is 0 Å². The van der Waals surface area contributed by atoms with Crippen LogP contribution in [0.15, 0.2) is 59.9 Å². The number of halogens is 2. The van der Waals surface area contributed by atoms with Gasteiger partial charge >= 0.3 is 23.1 Å². The second kappa shape index (κ2) is 31.9. The van der Waals surface area contributed by atoms with Gasteiger partial charge in [-0.1, -0.05) is 0 Å². The number of nitrogens with zero attached hydrogens (tertiary/aromatic N) is 12. The van der Waals surface area contributed by atoms with E-state index in [1.54, 1.807) is 75.3 Å². The Bertz CT molecular complexity index is 566. The molecule has 33 heavy (non-hydrogen) atoms. The van der Waals surface area contributed by atoms with Crippen molar-refractivity contribution in [3.63, 3.8) is 0 Å². The summed E-state index contributed by atoms with van der Waals surface area (Å²) in [6, 6.07) is 0. The molecule has 0 amide bonds. The van der Waals surface area contributed by atoms with Crippen LogP contribution in [0, 0.1) is 0 Å². The van der Waals surface area contributed by atoms with Crippen molar-refractivity contribution in [1.82, 2.24) is 0 Å². The first-order valence-corrected chi connectivity index (χ1v) is 8.99. The maximum absolute atomic E-state index is 3.74. The van der Waals surface area contributed by atoms with E-state index < -0.39 is 0 Å². The van der Waals surface area contributed by atoms with Gasteiger partial charge in [0.25, 0.3) is 0 Å². The molecule has 0 aromatic heterocycles. The summed E-state index contributed by atoms with van der Waals surface area (Å²) in [5.41, 5.74) is 0. The molecule has 0 radical (unpaired) electrons. The Morgan fingerprint density at radius 1 is 0.303 bits per heavy atom. The summed E-state index contributed by atoms with van der Waals surface area (Å²) in [4.78, 5) is 44.4. The van der Waals surface area contributed by atoms with Gasteiger partial charge in [-0.25, -0.2) is 30.0 Å². The molecule has 0 bridgehead atoms. The maximum atomic E-state index is 3.74. The van der Waals surface area contributed by atoms with Gasteiger partial charge in [0.15, 0.2) is 0 Å². The molecular formula is C18H24Br2MgN12. The summed E-state index contributed by atoms with van der Waals surface area (Å²) in [6.45, 7) is 4.67. The Kier molecular flexibility index (Phi) is 34.2. The van der Waals surface area contributed by atoms with E-state index in [-0.39, 0.29) is 57.0 Å². The average Bonchev–Trinajstić information content (AvgIpc) is 3.69. The fraction of sp³-hybridized carbons (Fsp3) is 0.333. The van der Waals surface area contributed by atoms with Crippen LogP contribution in [-0.2, 0) is 0 Å². The summed E-state index contributed by atoms with van der Waals surface area (Å²) >= 11 is 0. The van der Waals surface area contributed by atoms with Crippen molar-refractivity contribution >= 4 is 98.4 Å². The molecule has 0 N–H and O–H groups in total. The Morgan fingerprint density at radius 2 is 0.455 bits per heavy atom. The van der Waals surface area contributed by atoms with E-state index >= 15 is 0 Å². The van der Waals surface area contributed by atoms with Gasteiger partial charge in [-0.2, -0.15) is 0 Å². The van der Waals surface area contributed by atoms with E-state index in [9.17, 15) is 0 Å². The van der Waals surface area contributed by atoms with E-state index in [0.29, 0.717) is 0 Å². The van der Waals surface area contributed by atoms with Crippen LogP contribution < -0.4 is 34.0 Å². The summed E-state index contributed by atoms with van der Waals surface area (Å²) < 4.78 is 0. The maximum Gasteiger partial charge on any atom is 2.00 e. The Morgan fingerprint density at radius 3 is 0.485 bits per heavy atom. The van der Waals surface area contributed by atoms with Crippen LogP contribution >= 0.6 is 0 Å². The first-order valence-electron chi connectivity index (χ1n) is 8.99. The summed E-state index contributed by atoms with van der Waals surface area (Å²) in [5, 5.41) is 0. The van der Waals surface area contributed by atoms with Crippen LogP contribution in [0.3, 0.4) is 0 Å². The predicted octanol–water partition coefficient (Wildman–Crippen LogP) is -5.78. The number of hydrogen-bond donors (Lipinski definition) is 0. The third-order valence-electron chi connectivity index (χ3n) is 2.64. The molecule has 0 aliphatic carbocycles. The molecule has 0 aromatic carbocycles. The van der Waals surface area contributed by atoms with Crippen molar-refractivity contribution in [2.75, 3.05) is 39.3 Å². The van der Waals surface area contributed by atoms with Crippen molar-refractivity contribution in [2.24, 2.45) is 59.9 Å². The van der Waals surface area contributed by atoms with Gasteiger partial charge in [0, 0.05) is 37.3 Å². The Balaban J connectivity index is -0.000000321. The van der Waals surface area contributed by atoms with Crippen molar-refractivity contribution in [3.8, 4) is 0 Å². The molecule has 0 spiro atoms. The molecule has 6 aliphatic rings. The molecular weight excluding hydrogens is 568 g/mol. The van der Waals surface area contributed by atoms with Gasteiger partial charge in [-0.05, 0) is 0 Å². The van der Waals surface area contributed by atoms with Gasteiger partial charge < -0.3 is 34.0 Å². The van der Waals surface area contributed by atoms with Gasteiger partial charge in [0.1, 0.15) is 38.0 Å². The standard InChI is InChI=1S/6C3H4N2.2BrH.Mg/c6*1-2-5-3-4-1;;;/h6*1,3H,2H2;2*1H;/q;;;;;;;;+2/p-2. The fourth-order valence-corrected chi connectivity index (χ4v) is 1.41. The quantitative estimate of drug-likeness (QED) is 0.247. The summed E-state index contributed by atoms with van der Waals surface area (Å²) in [5.74, 6) is 0. The number of hydrogen-bond acceptors (Lipinski definition) is 12. The number of rotatable bonds is 0. The van der Waals surface area contributed by atoms with Crippen molar-refractivity contribution in [2.45, 2.75) is 0 Å². The zero-order valence-electron chi connectivity index (χ0n) is 18.0. The van der Waals surface area contributed by atoms with Crippen molar-refractivity contribution in [3.05, 3.63) is 0 Å². The van der Waals surface area contributed by atoms with Gasteiger partial charge in [-0.15, -0.1) is 0 Å². The molecule has 6 aliphatic heterocycles. The van der Waals surface area contributed by atoms with E-state index in [2.05, 4.69) is 59.9 Å². The van der Waals surface area contributed by atoms with E-state index in [4.69, 9.17) is 0 Å². The summed E-state index contributed by atoms with van der Waals surface area (Å²) in [7, 11) is 0. The molecule has 0 atom stereocenters. The molecule has 0 saturated heterocycles. The molecule has 0 aromatic rings. The van der Waals surface area contributed by atoms with Crippen molar-refractivity contribution < 1.29 is 34.0 Å². The molecule has 0 unspecified atom stereocenters. The second-order valence-corrected chi connectivity index (χ2v) is 4.87. The zero-order chi connectivity index (χ0) is 21.2. The SMILES string of the molecule is C1=NC=NC1.C1=NC=NC1.C1=NC=NC1.C1=NC=NC1.C1=NC=NC1.C1=NC=NC1.[Br-].[Br-].[Mg+2]. The van der Waals surface area contributed by atoms with E-state index in [0.717, 1.165) is 39.3 Å². The van der Waals surface area contributed by atoms with Gasteiger partial charge in [0.05, 0.1) is 39.3 Å². The molecule has 0 saturated carbocycles. The minimum absolute atomic E-state index is 0. The monoisotopic (exact) mass is 590 g/mol. The minimum atomic E-state index is 0. The normalized spacial score (nSPS) is 16.0. The largest absolute Gasteiger partial charge is 2.00 e. The van der Waals surface area contributed by atoms with E-state index in [1.165, 1.54) is 0 Å². The molecule has 6 heterocycles. The van der Waals surface area contributed by atoms with Crippen LogP contribution in [0.25, 0.3) is 0 Å². The topological polar surface area (TPSA) is 148 Å². The van der Waals surface area contributed by atoms with Crippen LogP contribution in [0.2, 0.25) is 0 Å². The third kappa shape index (κ3) is 29.8. The molecule has 0 fully saturated rings. The first-order chi connectivity index (χ1) is 15.0. The van der Waals surface area contributed by atoms with Crippen molar-refractivity contribution in [1.29, 1.82) is 0 Å². The first kappa shape index (κ1) is 35.4. The second-order valence-electron chi connectivity index (χ2n) is 4.87. The average molecular weight is 593 g/mol. The van der Waals surface area contributed by atoms with Gasteiger partial charge in [0.2, 0.25) is 0 Å². The molecule has 15 heteroatoms. The van der Waals surface area contributed by atoms with Crippen LogP contribution in [0.4, 0.5) is 0 Å². The fourth-order valence-electron chi connectivity index (χ4n) is 1.41.